The van der Waals surface area contributed by atoms with E-state index < -0.39 is 13.2 Å². The Morgan fingerprint density at radius 2 is 2.08 bits per heavy atom. The van der Waals surface area contributed by atoms with Crippen molar-refractivity contribution in [2.24, 2.45) is 5.73 Å². The van der Waals surface area contributed by atoms with E-state index >= 15 is 0 Å². The van der Waals surface area contributed by atoms with Crippen LogP contribution in [0.4, 0.5) is 0 Å². The minimum absolute atomic E-state index is 0.141. The zero-order chi connectivity index (χ0) is 9.61. The summed E-state index contributed by atoms with van der Waals surface area (Å²) in [5.74, 6) is 0. The van der Waals surface area contributed by atoms with Crippen LogP contribution >= 0.6 is 7.72 Å². The van der Waals surface area contributed by atoms with E-state index in [1.807, 2.05) is 6.92 Å². The highest BCUT2D eigenvalue weighted by molar-refractivity contribution is 7.81. The van der Waals surface area contributed by atoms with Gasteiger partial charge in [0.25, 0.3) is 0 Å². The van der Waals surface area contributed by atoms with Crippen LogP contribution in [0.3, 0.4) is 0 Å². The summed E-state index contributed by atoms with van der Waals surface area (Å²) < 4.78 is 0. The van der Waals surface area contributed by atoms with Crippen LogP contribution in [0.1, 0.15) is 26.2 Å². The van der Waals surface area contributed by atoms with Gasteiger partial charge in [0.15, 0.2) is 0 Å². The first-order chi connectivity index (χ1) is 5.54. The number of hydrogen-bond acceptors (Lipinski definition) is 4. The Balaban J connectivity index is 3.90. The van der Waals surface area contributed by atoms with E-state index in [-0.39, 0.29) is 12.6 Å². The van der Waals surface area contributed by atoms with Crippen molar-refractivity contribution >= 4 is 13.2 Å². The van der Waals surface area contributed by atoms with Crippen LogP contribution in [0.2, 0.25) is 0 Å². The highest BCUT2D eigenvalue weighted by Crippen LogP contribution is 2.52. The van der Waals surface area contributed by atoms with Crippen LogP contribution < -0.4 is 5.73 Å². The third kappa shape index (κ3) is 4.12. The third-order valence-corrected chi connectivity index (χ3v) is 3.50. The van der Waals surface area contributed by atoms with Gasteiger partial charge in [0.05, 0.1) is 0 Å². The first-order valence-corrected chi connectivity index (χ1v) is 5.99. The lowest BCUT2D eigenvalue weighted by atomic mass is 10.4. The molecule has 0 spiro atoms. The Bertz CT molecular complexity index is 150. The Labute approximate surface area is 73.3 Å². The second-order valence-corrected chi connectivity index (χ2v) is 5.15. The number of rotatable bonds is 6. The molecule has 0 aromatic heterocycles. The van der Waals surface area contributed by atoms with Crippen molar-refractivity contribution in [3.05, 3.63) is 0 Å². The van der Waals surface area contributed by atoms with Crippen molar-refractivity contribution in [3.8, 4) is 0 Å². The first-order valence-electron chi connectivity index (χ1n) is 4.11. The maximum atomic E-state index is 11.1. The van der Waals surface area contributed by atoms with Crippen LogP contribution in [0.5, 0.6) is 0 Å². The van der Waals surface area contributed by atoms with E-state index in [4.69, 9.17) is 5.73 Å². The topological polar surface area (TPSA) is 83.5 Å². The van der Waals surface area contributed by atoms with Gasteiger partial charge in [-0.25, -0.2) is 14.6 Å². The average Bonchev–Trinajstić information content (AvgIpc) is 2.01. The van der Waals surface area contributed by atoms with E-state index in [1.54, 1.807) is 0 Å². The minimum atomic E-state index is -3.29. The lowest BCUT2D eigenvalue weighted by molar-refractivity contribution is -0.113. The van der Waals surface area contributed by atoms with E-state index in [2.05, 4.69) is 0 Å². The number of carbonyl (C=O) groups excluding carboxylic acids is 1. The van der Waals surface area contributed by atoms with Crippen LogP contribution in [0.15, 0.2) is 0 Å². The Morgan fingerprint density at radius 1 is 1.50 bits per heavy atom. The molecule has 0 amide bonds. The summed E-state index contributed by atoms with van der Waals surface area (Å²) in [4.78, 5) is 29.7. The van der Waals surface area contributed by atoms with Gasteiger partial charge >= 0.3 is 13.2 Å². The fourth-order valence-electron chi connectivity index (χ4n) is 0.829. The summed E-state index contributed by atoms with van der Waals surface area (Å²) in [6.45, 7) is 2.23. The number of carbonyl (C=O) groups is 1. The van der Waals surface area contributed by atoms with Gasteiger partial charge in [0.2, 0.25) is 0 Å². The quantitative estimate of drug-likeness (QED) is 0.537. The van der Waals surface area contributed by atoms with Crippen molar-refractivity contribution < 1.29 is 14.6 Å². The smallest absolute Gasteiger partial charge is 0.330 e. The van der Waals surface area contributed by atoms with Crippen molar-refractivity contribution in [2.45, 2.75) is 26.2 Å². The Kier molecular flexibility index (Phi) is 5.59. The lowest BCUT2D eigenvalue weighted by Crippen LogP contribution is -2.12. The predicted molar refractivity (Wildman–Crippen MR) is 49.8 cm³/mol. The highest BCUT2D eigenvalue weighted by Gasteiger charge is 2.41. The molecule has 0 aromatic rings. The van der Waals surface area contributed by atoms with Gasteiger partial charge < -0.3 is 5.73 Å². The third-order valence-electron chi connectivity index (χ3n) is 1.54. The SMILES string of the molecule is CCCC(=O)[P+](O)(O)CCCN. The van der Waals surface area contributed by atoms with Crippen molar-refractivity contribution in [3.63, 3.8) is 0 Å². The molecule has 0 heterocycles. The summed E-state index contributed by atoms with van der Waals surface area (Å²) in [7, 11) is -3.29. The van der Waals surface area contributed by atoms with Crippen molar-refractivity contribution in [2.75, 3.05) is 12.7 Å². The van der Waals surface area contributed by atoms with Crippen LogP contribution in [-0.4, -0.2) is 28.0 Å². The van der Waals surface area contributed by atoms with E-state index in [0.717, 1.165) is 0 Å². The summed E-state index contributed by atoms with van der Waals surface area (Å²) in [6.07, 6.45) is 1.55. The van der Waals surface area contributed by atoms with E-state index in [9.17, 15) is 14.6 Å². The molecule has 0 rings (SSSR count). The van der Waals surface area contributed by atoms with Gasteiger partial charge in [-0.1, -0.05) is 6.92 Å². The summed E-state index contributed by atoms with van der Waals surface area (Å²) >= 11 is 0. The predicted octanol–water partition coefficient (Wildman–Crippen LogP) is 0.494. The lowest BCUT2D eigenvalue weighted by Gasteiger charge is -2.08. The molecule has 0 aromatic carbocycles. The molecule has 0 atom stereocenters. The molecule has 0 radical (unpaired) electrons. The summed E-state index contributed by atoms with van der Waals surface area (Å²) in [5.41, 5.74) is 4.79. The molecule has 12 heavy (non-hydrogen) atoms. The van der Waals surface area contributed by atoms with Crippen LogP contribution in [0.25, 0.3) is 0 Å². The normalized spacial score (nSPS) is 11.7. The molecule has 0 saturated carbocycles. The molecule has 4 N–H and O–H groups in total. The van der Waals surface area contributed by atoms with Gasteiger partial charge in [-0.2, -0.15) is 0 Å². The Hall–Kier alpha value is -0.0200. The van der Waals surface area contributed by atoms with Crippen LogP contribution in [-0.2, 0) is 4.79 Å². The number of hydrogen-bond donors (Lipinski definition) is 3. The molecule has 0 saturated heterocycles. The number of nitrogens with two attached hydrogens (primary N) is 1. The molecule has 0 bridgehead atoms. The second-order valence-electron chi connectivity index (χ2n) is 2.74. The minimum Gasteiger partial charge on any atom is -0.330 e. The Morgan fingerprint density at radius 3 is 2.50 bits per heavy atom. The first kappa shape index (κ1) is 12.0. The molecule has 4 nitrogen and oxygen atoms in total. The van der Waals surface area contributed by atoms with E-state index in [1.165, 1.54) is 0 Å². The monoisotopic (exact) mass is 194 g/mol. The van der Waals surface area contributed by atoms with Gasteiger partial charge in [-0.05, 0) is 19.4 Å². The van der Waals surface area contributed by atoms with Gasteiger partial charge in [0, 0.05) is 6.42 Å². The zero-order valence-electron chi connectivity index (χ0n) is 7.36. The maximum Gasteiger partial charge on any atom is 0.336 e. The molecule has 0 aliphatic rings. The molecular formula is C7H17NO3P+. The van der Waals surface area contributed by atoms with E-state index in [0.29, 0.717) is 19.4 Å². The largest absolute Gasteiger partial charge is 0.336 e. The molecule has 0 fully saturated rings. The van der Waals surface area contributed by atoms with Gasteiger partial charge in [-0.3, -0.25) is 0 Å². The molecule has 5 heteroatoms. The fraction of sp³-hybridized carbons (Fsp3) is 0.857. The standard InChI is InChI=1S/C7H17NO3P/c1-2-4-7(9)12(10,11)6-3-5-8/h10-11H,2-6,8H2,1H3/q+1. The van der Waals surface area contributed by atoms with Crippen LogP contribution in [0, 0.1) is 0 Å². The van der Waals surface area contributed by atoms with Gasteiger partial charge in [-0.15, -0.1) is 0 Å². The maximum absolute atomic E-state index is 11.1. The average molecular weight is 194 g/mol. The molecule has 72 valence electrons. The molecular weight excluding hydrogens is 177 g/mol. The second kappa shape index (κ2) is 5.60. The highest BCUT2D eigenvalue weighted by atomic mass is 31.2. The molecule has 0 aliphatic heterocycles. The summed E-state index contributed by atoms with van der Waals surface area (Å²) in [5, 5.41) is 0. The van der Waals surface area contributed by atoms with Crippen molar-refractivity contribution in [1.82, 2.24) is 0 Å². The fourth-order valence-corrected chi connectivity index (χ4v) is 2.28. The molecule has 0 aliphatic carbocycles. The van der Waals surface area contributed by atoms with Gasteiger partial charge in [0.1, 0.15) is 6.16 Å². The summed E-state index contributed by atoms with van der Waals surface area (Å²) in [6, 6.07) is 0. The molecule has 0 unspecified atom stereocenters. The van der Waals surface area contributed by atoms with Crippen molar-refractivity contribution in [1.29, 1.82) is 0 Å². The zero-order valence-corrected chi connectivity index (χ0v) is 8.26.